The van der Waals surface area contributed by atoms with Crippen LogP contribution in [0.25, 0.3) is 0 Å². The van der Waals surface area contributed by atoms with Crippen molar-refractivity contribution in [2.75, 3.05) is 13.1 Å². The summed E-state index contributed by atoms with van der Waals surface area (Å²) in [4.78, 5) is 35.3. The average molecular weight is 270 g/mol. The van der Waals surface area contributed by atoms with Gasteiger partial charge in [0.05, 0.1) is 0 Å². The summed E-state index contributed by atoms with van der Waals surface area (Å²) in [5.74, 6) is -1.72. The minimum absolute atomic E-state index is 0.0165. The van der Waals surface area contributed by atoms with Crippen LogP contribution in [0.4, 0.5) is 4.79 Å². The number of nitrogens with zero attached hydrogens (tertiary/aromatic N) is 1. The van der Waals surface area contributed by atoms with Gasteiger partial charge < -0.3 is 10.0 Å². The van der Waals surface area contributed by atoms with Gasteiger partial charge in [-0.3, -0.25) is 14.9 Å². The molecule has 0 saturated carbocycles. The zero-order valence-corrected chi connectivity index (χ0v) is 11.7. The molecule has 0 aromatic rings. The van der Waals surface area contributed by atoms with E-state index in [4.69, 9.17) is 5.11 Å². The SMILES string of the molecule is C=C(C)CN(CC)C(=O)NC(=O)CC(C)CC(=O)O. The highest BCUT2D eigenvalue weighted by Gasteiger charge is 2.17. The van der Waals surface area contributed by atoms with Gasteiger partial charge in [-0.25, -0.2) is 4.79 Å². The number of hydrogen-bond acceptors (Lipinski definition) is 3. The van der Waals surface area contributed by atoms with Crippen LogP contribution >= 0.6 is 0 Å². The number of imide groups is 1. The Morgan fingerprint density at radius 1 is 1.32 bits per heavy atom. The summed E-state index contributed by atoms with van der Waals surface area (Å²) in [6, 6.07) is -0.474. The fraction of sp³-hybridized carbons (Fsp3) is 0.615. The van der Waals surface area contributed by atoms with E-state index in [1.54, 1.807) is 20.8 Å². The molecule has 1 unspecified atom stereocenters. The lowest BCUT2D eigenvalue weighted by molar-refractivity contribution is -0.138. The number of likely N-dealkylation sites (N-methyl/N-ethyl adjacent to an activating group) is 1. The van der Waals surface area contributed by atoms with Crippen molar-refractivity contribution in [2.45, 2.75) is 33.6 Å². The number of nitrogens with one attached hydrogen (secondary N) is 1. The molecule has 0 spiro atoms. The molecule has 0 heterocycles. The van der Waals surface area contributed by atoms with E-state index in [-0.39, 0.29) is 18.8 Å². The molecule has 0 bridgehead atoms. The standard InChI is InChI=1S/C13H22N2O4/c1-5-15(8-9(2)3)13(19)14-11(16)6-10(4)7-12(17)18/h10H,2,5-8H2,1,3-4H3,(H,17,18)(H,14,16,19). The van der Waals surface area contributed by atoms with Crippen molar-refractivity contribution < 1.29 is 19.5 Å². The first kappa shape index (κ1) is 17.2. The van der Waals surface area contributed by atoms with Gasteiger partial charge in [0.2, 0.25) is 5.91 Å². The number of hydrogen-bond donors (Lipinski definition) is 2. The molecule has 3 amide bonds. The highest BCUT2D eigenvalue weighted by molar-refractivity contribution is 5.94. The van der Waals surface area contributed by atoms with Gasteiger partial charge in [0, 0.05) is 25.9 Å². The Labute approximate surface area is 113 Å². The predicted molar refractivity (Wildman–Crippen MR) is 71.6 cm³/mol. The fourth-order valence-corrected chi connectivity index (χ4v) is 1.59. The molecule has 0 aromatic heterocycles. The van der Waals surface area contributed by atoms with Crippen LogP contribution in [0.1, 0.15) is 33.6 Å². The lowest BCUT2D eigenvalue weighted by Crippen LogP contribution is -2.43. The van der Waals surface area contributed by atoms with E-state index in [1.165, 1.54) is 4.90 Å². The number of urea groups is 1. The Hall–Kier alpha value is -1.85. The summed E-state index contributed by atoms with van der Waals surface area (Å²) in [5, 5.41) is 10.8. The fourth-order valence-electron chi connectivity index (χ4n) is 1.59. The minimum Gasteiger partial charge on any atom is -0.481 e. The Bertz CT molecular complexity index is 366. The molecule has 0 rings (SSSR count). The van der Waals surface area contributed by atoms with E-state index in [0.717, 1.165) is 5.57 Å². The van der Waals surface area contributed by atoms with Crippen LogP contribution in [0.5, 0.6) is 0 Å². The third-order valence-electron chi connectivity index (χ3n) is 2.43. The van der Waals surface area contributed by atoms with Gasteiger partial charge in [0.1, 0.15) is 0 Å². The van der Waals surface area contributed by atoms with Crippen LogP contribution in [0, 0.1) is 5.92 Å². The molecule has 0 aromatic carbocycles. The number of carboxylic acid groups (broad SMARTS) is 1. The van der Waals surface area contributed by atoms with Gasteiger partial charge in [-0.2, -0.15) is 0 Å². The van der Waals surface area contributed by atoms with Gasteiger partial charge in [-0.1, -0.05) is 19.1 Å². The molecular weight excluding hydrogens is 248 g/mol. The second-order valence-electron chi connectivity index (χ2n) is 4.73. The summed E-state index contributed by atoms with van der Waals surface area (Å²) in [5.41, 5.74) is 0.823. The zero-order chi connectivity index (χ0) is 15.0. The third-order valence-corrected chi connectivity index (χ3v) is 2.43. The smallest absolute Gasteiger partial charge is 0.324 e. The normalized spacial score (nSPS) is 11.5. The molecule has 0 fully saturated rings. The van der Waals surface area contributed by atoms with Gasteiger partial charge in [-0.15, -0.1) is 0 Å². The maximum absolute atomic E-state index is 11.8. The van der Waals surface area contributed by atoms with Gasteiger partial charge >= 0.3 is 12.0 Å². The van der Waals surface area contributed by atoms with Gasteiger partial charge in [0.25, 0.3) is 0 Å². The van der Waals surface area contributed by atoms with Crippen molar-refractivity contribution in [3.8, 4) is 0 Å². The molecule has 6 nitrogen and oxygen atoms in total. The number of aliphatic carboxylic acids is 1. The van der Waals surface area contributed by atoms with E-state index in [2.05, 4.69) is 11.9 Å². The summed E-state index contributed by atoms with van der Waals surface area (Å²) in [7, 11) is 0. The van der Waals surface area contributed by atoms with E-state index < -0.39 is 17.9 Å². The Morgan fingerprint density at radius 3 is 2.32 bits per heavy atom. The molecule has 6 heteroatoms. The number of carbonyl (C=O) groups is 3. The quantitative estimate of drug-likeness (QED) is 0.688. The molecule has 0 aliphatic heterocycles. The first-order valence-corrected chi connectivity index (χ1v) is 6.21. The third kappa shape index (κ3) is 7.96. The van der Waals surface area contributed by atoms with Crippen LogP contribution in [0.2, 0.25) is 0 Å². The second kappa shape index (κ2) is 8.29. The van der Waals surface area contributed by atoms with E-state index in [9.17, 15) is 14.4 Å². The van der Waals surface area contributed by atoms with Crippen LogP contribution in [-0.2, 0) is 9.59 Å². The lowest BCUT2D eigenvalue weighted by atomic mass is 10.0. The van der Waals surface area contributed by atoms with E-state index in [0.29, 0.717) is 13.1 Å². The minimum atomic E-state index is -0.955. The molecule has 0 aliphatic carbocycles. The topological polar surface area (TPSA) is 86.7 Å². The summed E-state index contributed by atoms with van der Waals surface area (Å²) < 4.78 is 0. The molecule has 1 atom stereocenters. The number of rotatable bonds is 7. The first-order chi connectivity index (χ1) is 8.76. The van der Waals surface area contributed by atoms with Crippen molar-refractivity contribution in [3.05, 3.63) is 12.2 Å². The molecule has 0 aliphatic rings. The van der Waals surface area contributed by atoms with Crippen LogP contribution in [-0.4, -0.2) is 41.0 Å². The van der Waals surface area contributed by atoms with Gasteiger partial charge in [-0.05, 0) is 19.8 Å². The van der Waals surface area contributed by atoms with Crippen molar-refractivity contribution in [1.29, 1.82) is 0 Å². The number of carboxylic acids is 1. The van der Waals surface area contributed by atoms with E-state index >= 15 is 0 Å². The highest BCUT2D eigenvalue weighted by atomic mass is 16.4. The molecule has 0 saturated heterocycles. The van der Waals surface area contributed by atoms with Crippen molar-refractivity contribution in [1.82, 2.24) is 10.2 Å². The zero-order valence-electron chi connectivity index (χ0n) is 11.7. The number of amides is 3. The van der Waals surface area contributed by atoms with E-state index in [1.807, 2.05) is 0 Å². The first-order valence-electron chi connectivity index (χ1n) is 6.21. The Morgan fingerprint density at radius 2 is 1.89 bits per heavy atom. The second-order valence-corrected chi connectivity index (χ2v) is 4.73. The summed E-state index contributed by atoms with van der Waals surface area (Å²) >= 11 is 0. The maximum atomic E-state index is 11.8. The van der Waals surface area contributed by atoms with Crippen molar-refractivity contribution >= 4 is 17.9 Å². The van der Waals surface area contributed by atoms with Gasteiger partial charge in [0.15, 0.2) is 0 Å². The summed E-state index contributed by atoms with van der Waals surface area (Å²) in [6.07, 6.45) is -0.0759. The van der Waals surface area contributed by atoms with Crippen LogP contribution in [0.3, 0.4) is 0 Å². The maximum Gasteiger partial charge on any atom is 0.324 e. The highest BCUT2D eigenvalue weighted by Crippen LogP contribution is 2.07. The monoisotopic (exact) mass is 270 g/mol. The molecular formula is C13H22N2O4. The molecule has 0 radical (unpaired) electrons. The lowest BCUT2D eigenvalue weighted by Gasteiger charge is -2.21. The van der Waals surface area contributed by atoms with Crippen molar-refractivity contribution in [2.24, 2.45) is 5.92 Å². The largest absolute Gasteiger partial charge is 0.481 e. The average Bonchev–Trinajstić information content (AvgIpc) is 2.23. The number of carbonyl (C=O) groups excluding carboxylic acids is 2. The summed E-state index contributed by atoms with van der Waals surface area (Å²) in [6.45, 7) is 9.83. The molecule has 2 N–H and O–H groups in total. The molecule has 108 valence electrons. The van der Waals surface area contributed by atoms with Crippen LogP contribution < -0.4 is 5.32 Å². The Kier molecular flexibility index (Phi) is 7.48. The van der Waals surface area contributed by atoms with Crippen molar-refractivity contribution in [3.63, 3.8) is 0 Å². The predicted octanol–water partition coefficient (Wildman–Crippen LogP) is 1.62. The Balaban J connectivity index is 4.27. The van der Waals surface area contributed by atoms with Crippen LogP contribution in [0.15, 0.2) is 12.2 Å². The molecule has 19 heavy (non-hydrogen) atoms.